The van der Waals surface area contributed by atoms with Gasteiger partial charge in [-0.1, -0.05) is 32.1 Å². The Hall–Kier alpha value is -3.82. The number of anilines is 1. The third-order valence-corrected chi connectivity index (χ3v) is 8.84. The van der Waals surface area contributed by atoms with Crippen LogP contribution in [0, 0.1) is 17.8 Å². The van der Waals surface area contributed by atoms with Gasteiger partial charge in [0.1, 0.15) is 11.7 Å². The van der Waals surface area contributed by atoms with Crippen molar-refractivity contribution in [2.24, 2.45) is 23.7 Å². The van der Waals surface area contributed by atoms with E-state index >= 15 is 0 Å². The van der Waals surface area contributed by atoms with Crippen LogP contribution in [0.15, 0.2) is 53.8 Å². The van der Waals surface area contributed by atoms with E-state index in [1.807, 2.05) is 13.2 Å². The summed E-state index contributed by atoms with van der Waals surface area (Å²) >= 11 is 0. The lowest BCUT2D eigenvalue weighted by Gasteiger charge is -2.37. The first-order chi connectivity index (χ1) is 17.7. The number of aromatic nitrogens is 6. The average Bonchev–Trinajstić information content (AvgIpc) is 3.48. The third-order valence-electron chi connectivity index (χ3n) is 6.80. The van der Waals surface area contributed by atoms with Gasteiger partial charge in [0.2, 0.25) is 0 Å². The molecule has 192 valence electrons. The van der Waals surface area contributed by atoms with Crippen molar-refractivity contribution in [3.05, 3.63) is 54.4 Å². The van der Waals surface area contributed by atoms with E-state index in [0.717, 1.165) is 21.6 Å². The highest BCUT2D eigenvalue weighted by Gasteiger charge is 2.39. The summed E-state index contributed by atoms with van der Waals surface area (Å²) in [6.07, 6.45) is 12.5. The van der Waals surface area contributed by atoms with Gasteiger partial charge in [0, 0.05) is 37.6 Å². The molecule has 11 nitrogen and oxygen atoms in total. The Labute approximate surface area is 216 Å². The smallest absolute Gasteiger partial charge is 0.256 e. The molecule has 2 atom stereocenters. The lowest BCUT2D eigenvalue weighted by Crippen LogP contribution is -2.51. The summed E-state index contributed by atoms with van der Waals surface area (Å²) in [4.78, 5) is 13.4. The second-order valence-electron chi connectivity index (χ2n) is 9.53. The molecule has 37 heavy (non-hydrogen) atoms. The maximum atomic E-state index is 12.5. The molecule has 5 rings (SSSR count). The van der Waals surface area contributed by atoms with Crippen molar-refractivity contribution in [1.82, 2.24) is 28.9 Å². The zero-order chi connectivity index (χ0) is 26.2. The van der Waals surface area contributed by atoms with Gasteiger partial charge in [-0.3, -0.25) is 4.68 Å². The summed E-state index contributed by atoms with van der Waals surface area (Å²) in [6, 6.07) is 1.72. The van der Waals surface area contributed by atoms with Crippen molar-refractivity contribution >= 4 is 21.7 Å². The molecule has 3 aromatic rings. The standard InChI is InChI=1S/C25H29N9O2S/c1-4-17(2)25(26)11-23(28-14-20(25)6-5-18-12-29-33(3)15-18)31-22-9-10-27-24(32-22)19-13-30-34(16-19)37(35,36)21-7-8-21/h9-10,12-17,21H,4,7-8,11,26H2,1-3H3,(H,27,28,31,32). The van der Waals surface area contributed by atoms with Crippen LogP contribution < -0.4 is 11.1 Å². The predicted molar refractivity (Wildman–Crippen MR) is 141 cm³/mol. The topological polar surface area (TPSA) is 146 Å². The van der Waals surface area contributed by atoms with Gasteiger partial charge in [0.25, 0.3) is 10.0 Å². The Bertz CT molecular complexity index is 1550. The van der Waals surface area contributed by atoms with E-state index in [9.17, 15) is 8.42 Å². The van der Waals surface area contributed by atoms with Gasteiger partial charge in [-0.25, -0.2) is 23.4 Å². The predicted octanol–water partition coefficient (Wildman–Crippen LogP) is 2.31. The molecule has 4 heterocycles. The SMILES string of the molecule is CCC(C)C1(N)CC(Nc2ccnc(-c3cnn(S(=O)(=O)C4CC4)c3)n2)=NC=C1C#Cc1cnn(C)c1. The molecule has 3 aromatic heterocycles. The first-order valence-electron chi connectivity index (χ1n) is 12.2. The molecule has 0 amide bonds. The molecule has 1 saturated carbocycles. The minimum absolute atomic E-state index is 0.148. The molecule has 2 unspecified atom stereocenters. The molecule has 2 aliphatic rings. The summed E-state index contributed by atoms with van der Waals surface area (Å²) in [6.45, 7) is 4.21. The van der Waals surface area contributed by atoms with E-state index in [2.05, 4.69) is 56.2 Å². The molecule has 1 aliphatic carbocycles. The number of nitrogens with zero attached hydrogens (tertiary/aromatic N) is 7. The fourth-order valence-corrected chi connectivity index (χ4v) is 5.60. The fourth-order valence-electron chi connectivity index (χ4n) is 4.13. The molecule has 3 N–H and O–H groups in total. The van der Waals surface area contributed by atoms with Gasteiger partial charge in [-0.05, 0) is 24.8 Å². The van der Waals surface area contributed by atoms with E-state index in [1.165, 1.54) is 12.4 Å². The molecule has 0 bridgehead atoms. The van der Waals surface area contributed by atoms with E-state index < -0.39 is 15.6 Å². The molecule has 0 saturated heterocycles. The number of amidine groups is 1. The van der Waals surface area contributed by atoms with Crippen molar-refractivity contribution in [1.29, 1.82) is 0 Å². The average molecular weight is 520 g/mol. The first kappa shape index (κ1) is 24.9. The monoisotopic (exact) mass is 519 g/mol. The second-order valence-corrected chi connectivity index (χ2v) is 11.6. The van der Waals surface area contributed by atoms with Gasteiger partial charge in [-0.2, -0.15) is 14.3 Å². The van der Waals surface area contributed by atoms with Crippen LogP contribution in [0.1, 0.15) is 45.1 Å². The minimum Gasteiger partial charge on any atom is -0.328 e. The van der Waals surface area contributed by atoms with E-state index in [0.29, 0.717) is 42.3 Å². The lowest BCUT2D eigenvalue weighted by molar-refractivity contribution is 0.344. The van der Waals surface area contributed by atoms with Crippen LogP contribution in [0.4, 0.5) is 5.82 Å². The Kier molecular flexibility index (Phi) is 6.43. The summed E-state index contributed by atoms with van der Waals surface area (Å²) in [7, 11) is -1.61. The Morgan fingerprint density at radius 3 is 2.76 bits per heavy atom. The first-order valence-corrected chi connectivity index (χ1v) is 13.7. The van der Waals surface area contributed by atoms with E-state index in [1.54, 1.807) is 29.3 Å². The summed E-state index contributed by atoms with van der Waals surface area (Å²) in [5.41, 5.74) is 8.34. The van der Waals surface area contributed by atoms with E-state index in [-0.39, 0.29) is 11.2 Å². The maximum Gasteiger partial charge on any atom is 0.256 e. The quantitative estimate of drug-likeness (QED) is 0.472. The largest absolute Gasteiger partial charge is 0.328 e. The Morgan fingerprint density at radius 1 is 1.24 bits per heavy atom. The zero-order valence-corrected chi connectivity index (χ0v) is 21.8. The van der Waals surface area contributed by atoms with Crippen molar-refractivity contribution < 1.29 is 8.42 Å². The zero-order valence-electron chi connectivity index (χ0n) is 21.0. The van der Waals surface area contributed by atoms with Crippen molar-refractivity contribution in [2.45, 2.75) is 50.3 Å². The van der Waals surface area contributed by atoms with E-state index in [4.69, 9.17) is 5.73 Å². The highest BCUT2D eigenvalue weighted by Crippen LogP contribution is 2.33. The summed E-state index contributed by atoms with van der Waals surface area (Å²) in [5.74, 6) is 8.04. The molecule has 1 aliphatic heterocycles. The highest BCUT2D eigenvalue weighted by molar-refractivity contribution is 7.90. The second kappa shape index (κ2) is 9.57. The molecule has 12 heteroatoms. The molecular formula is C25H29N9O2S. The summed E-state index contributed by atoms with van der Waals surface area (Å²) < 4.78 is 27.7. The van der Waals surface area contributed by atoms with Gasteiger partial charge >= 0.3 is 0 Å². The van der Waals surface area contributed by atoms with Gasteiger partial charge in [0.05, 0.1) is 40.5 Å². The highest BCUT2D eigenvalue weighted by atomic mass is 32.2. The van der Waals surface area contributed by atoms with Crippen LogP contribution in [-0.4, -0.2) is 54.0 Å². The van der Waals surface area contributed by atoms with Crippen LogP contribution >= 0.6 is 0 Å². The molecule has 0 spiro atoms. The number of aliphatic imine (C=N–C) groups is 1. The number of hydrogen-bond acceptors (Lipinski definition) is 9. The fraction of sp³-hybridized carbons (Fsp3) is 0.400. The number of hydrogen-bond donors (Lipinski definition) is 2. The summed E-state index contributed by atoms with van der Waals surface area (Å²) in [5, 5.41) is 11.1. The molecular weight excluding hydrogens is 490 g/mol. The number of rotatable bonds is 6. The number of aryl methyl sites for hydroxylation is 1. The Balaban J connectivity index is 1.39. The normalized spacial score (nSPS) is 20.4. The molecule has 1 fully saturated rings. The van der Waals surface area contributed by atoms with Gasteiger partial charge < -0.3 is 11.1 Å². The molecule has 0 radical (unpaired) electrons. The van der Waals surface area contributed by atoms with Crippen molar-refractivity contribution in [2.75, 3.05) is 5.32 Å². The van der Waals surface area contributed by atoms with Crippen LogP contribution in [-0.2, 0) is 17.1 Å². The maximum absolute atomic E-state index is 12.5. The number of nitrogens with one attached hydrogen (secondary N) is 1. The van der Waals surface area contributed by atoms with Crippen molar-refractivity contribution in [3.63, 3.8) is 0 Å². The molecule has 0 aromatic carbocycles. The van der Waals surface area contributed by atoms with Crippen molar-refractivity contribution in [3.8, 4) is 23.2 Å². The van der Waals surface area contributed by atoms with Crippen LogP contribution in [0.3, 0.4) is 0 Å². The van der Waals surface area contributed by atoms with Crippen LogP contribution in [0.2, 0.25) is 0 Å². The lowest BCUT2D eigenvalue weighted by atomic mass is 9.74. The number of nitrogens with two attached hydrogens (primary N) is 1. The van der Waals surface area contributed by atoms with Gasteiger partial charge in [0.15, 0.2) is 5.82 Å². The Morgan fingerprint density at radius 2 is 2.05 bits per heavy atom. The third kappa shape index (κ3) is 5.05. The van der Waals surface area contributed by atoms with Crippen LogP contribution in [0.25, 0.3) is 11.4 Å². The van der Waals surface area contributed by atoms with Crippen LogP contribution in [0.5, 0.6) is 0 Å². The minimum atomic E-state index is -3.46. The van der Waals surface area contributed by atoms with Gasteiger partial charge in [-0.15, -0.1) is 0 Å².